The minimum atomic E-state index is 0.608. The standard InChI is InChI=1S/C19H25N3O/c1-23-19-9-5-4-8-18(19)22-12-10-21(11-13-22)15-17-7-3-2-6-16(17)14-20/h2-9H,10-15,20H2,1H3. The Kier molecular flexibility index (Phi) is 5.16. The summed E-state index contributed by atoms with van der Waals surface area (Å²) in [5.74, 6) is 0.953. The largest absolute Gasteiger partial charge is 0.495 e. The minimum Gasteiger partial charge on any atom is -0.495 e. The Morgan fingerprint density at radius 1 is 0.913 bits per heavy atom. The maximum atomic E-state index is 5.85. The van der Waals surface area contributed by atoms with E-state index >= 15 is 0 Å². The summed E-state index contributed by atoms with van der Waals surface area (Å²) in [4.78, 5) is 4.91. The van der Waals surface area contributed by atoms with Gasteiger partial charge in [-0.3, -0.25) is 4.90 Å². The molecule has 0 aromatic heterocycles. The highest BCUT2D eigenvalue weighted by Gasteiger charge is 2.19. The molecule has 23 heavy (non-hydrogen) atoms. The van der Waals surface area contributed by atoms with E-state index < -0.39 is 0 Å². The third-order valence-electron chi connectivity index (χ3n) is 4.53. The summed E-state index contributed by atoms with van der Waals surface area (Å²) >= 11 is 0. The Hall–Kier alpha value is -2.04. The molecule has 0 atom stereocenters. The Morgan fingerprint density at radius 3 is 2.26 bits per heavy atom. The molecule has 0 aliphatic carbocycles. The van der Waals surface area contributed by atoms with Crippen LogP contribution in [0.5, 0.6) is 5.75 Å². The predicted octanol–water partition coefficient (Wildman–Crippen LogP) is 2.48. The molecule has 122 valence electrons. The molecule has 1 aliphatic rings. The van der Waals surface area contributed by atoms with Crippen LogP contribution in [0.4, 0.5) is 5.69 Å². The van der Waals surface area contributed by atoms with Crippen molar-refractivity contribution >= 4 is 5.69 Å². The molecule has 0 unspecified atom stereocenters. The normalized spacial score (nSPS) is 15.7. The molecule has 1 heterocycles. The number of nitrogens with zero attached hydrogens (tertiary/aromatic N) is 2. The lowest BCUT2D eigenvalue weighted by Crippen LogP contribution is -2.46. The summed E-state index contributed by atoms with van der Waals surface area (Å²) < 4.78 is 5.48. The lowest BCUT2D eigenvalue weighted by molar-refractivity contribution is 0.248. The molecule has 4 heteroatoms. The molecule has 0 spiro atoms. The Bertz CT molecular complexity index is 636. The molecule has 1 fully saturated rings. The van der Waals surface area contributed by atoms with Gasteiger partial charge in [-0.15, -0.1) is 0 Å². The molecule has 0 saturated carbocycles. The average molecular weight is 311 g/mol. The van der Waals surface area contributed by atoms with Gasteiger partial charge < -0.3 is 15.4 Å². The van der Waals surface area contributed by atoms with Crippen molar-refractivity contribution in [2.45, 2.75) is 13.1 Å². The number of hydrogen-bond acceptors (Lipinski definition) is 4. The van der Waals surface area contributed by atoms with Crippen LogP contribution in [-0.4, -0.2) is 38.2 Å². The Morgan fingerprint density at radius 2 is 1.57 bits per heavy atom. The van der Waals surface area contributed by atoms with Gasteiger partial charge in [0, 0.05) is 39.3 Å². The fourth-order valence-electron chi connectivity index (χ4n) is 3.19. The number of nitrogens with two attached hydrogens (primary N) is 1. The summed E-state index contributed by atoms with van der Waals surface area (Å²) in [7, 11) is 1.73. The average Bonchev–Trinajstić information content (AvgIpc) is 2.63. The summed E-state index contributed by atoms with van der Waals surface area (Å²) in [6, 6.07) is 16.7. The molecular formula is C19H25N3O. The molecule has 1 saturated heterocycles. The van der Waals surface area contributed by atoms with Crippen molar-refractivity contribution in [1.29, 1.82) is 0 Å². The maximum Gasteiger partial charge on any atom is 0.142 e. The molecule has 0 radical (unpaired) electrons. The van der Waals surface area contributed by atoms with Crippen LogP contribution >= 0.6 is 0 Å². The van der Waals surface area contributed by atoms with Crippen LogP contribution in [0.1, 0.15) is 11.1 Å². The number of hydrogen-bond donors (Lipinski definition) is 1. The SMILES string of the molecule is COc1ccccc1N1CCN(Cc2ccccc2CN)CC1. The van der Waals surface area contributed by atoms with E-state index in [2.05, 4.69) is 46.2 Å². The van der Waals surface area contributed by atoms with E-state index in [0.717, 1.165) is 38.5 Å². The number of rotatable bonds is 5. The quantitative estimate of drug-likeness (QED) is 0.921. The molecular weight excluding hydrogens is 286 g/mol. The second-order valence-electron chi connectivity index (χ2n) is 5.91. The lowest BCUT2D eigenvalue weighted by atomic mass is 10.1. The second kappa shape index (κ2) is 7.49. The van der Waals surface area contributed by atoms with Gasteiger partial charge in [-0.25, -0.2) is 0 Å². The predicted molar refractivity (Wildman–Crippen MR) is 94.8 cm³/mol. The van der Waals surface area contributed by atoms with E-state index in [1.165, 1.54) is 16.8 Å². The molecule has 2 aromatic rings. The summed E-state index contributed by atoms with van der Waals surface area (Å²) in [6.07, 6.45) is 0. The molecule has 0 amide bonds. The van der Waals surface area contributed by atoms with Gasteiger partial charge in [0.05, 0.1) is 12.8 Å². The van der Waals surface area contributed by atoms with Gasteiger partial charge in [0.1, 0.15) is 5.75 Å². The Labute approximate surface area is 138 Å². The van der Waals surface area contributed by atoms with Gasteiger partial charge in [-0.1, -0.05) is 36.4 Å². The first-order chi connectivity index (χ1) is 11.3. The monoisotopic (exact) mass is 311 g/mol. The van der Waals surface area contributed by atoms with Crippen molar-refractivity contribution in [1.82, 2.24) is 4.90 Å². The van der Waals surface area contributed by atoms with Gasteiger partial charge in [-0.2, -0.15) is 0 Å². The van der Waals surface area contributed by atoms with Crippen LogP contribution in [0.15, 0.2) is 48.5 Å². The zero-order valence-corrected chi connectivity index (χ0v) is 13.7. The van der Waals surface area contributed by atoms with Crippen molar-refractivity contribution in [3.05, 3.63) is 59.7 Å². The van der Waals surface area contributed by atoms with E-state index in [9.17, 15) is 0 Å². The Balaban J connectivity index is 1.62. The van der Waals surface area contributed by atoms with Gasteiger partial charge >= 0.3 is 0 Å². The number of para-hydroxylation sites is 2. The zero-order chi connectivity index (χ0) is 16.1. The third-order valence-corrected chi connectivity index (χ3v) is 4.53. The summed E-state index contributed by atoms with van der Waals surface area (Å²) in [5, 5.41) is 0. The highest BCUT2D eigenvalue weighted by Crippen LogP contribution is 2.28. The molecule has 3 rings (SSSR count). The van der Waals surface area contributed by atoms with Crippen molar-refractivity contribution < 1.29 is 4.74 Å². The van der Waals surface area contributed by atoms with E-state index in [0.29, 0.717) is 6.54 Å². The smallest absolute Gasteiger partial charge is 0.142 e. The summed E-state index contributed by atoms with van der Waals surface area (Å²) in [6.45, 7) is 5.73. The van der Waals surface area contributed by atoms with Gasteiger partial charge in [0.15, 0.2) is 0 Å². The molecule has 2 N–H and O–H groups in total. The van der Waals surface area contributed by atoms with Gasteiger partial charge in [-0.05, 0) is 23.3 Å². The first-order valence-corrected chi connectivity index (χ1v) is 8.19. The van der Waals surface area contributed by atoms with Crippen LogP contribution in [0.25, 0.3) is 0 Å². The molecule has 1 aliphatic heterocycles. The van der Waals surface area contributed by atoms with Crippen LogP contribution in [0.3, 0.4) is 0 Å². The number of piperazine rings is 1. The number of ether oxygens (including phenoxy) is 1. The van der Waals surface area contributed by atoms with E-state index in [1.807, 2.05) is 12.1 Å². The summed E-state index contributed by atoms with van der Waals surface area (Å²) in [5.41, 5.74) is 9.63. The van der Waals surface area contributed by atoms with Crippen LogP contribution < -0.4 is 15.4 Å². The van der Waals surface area contributed by atoms with Gasteiger partial charge in [0.25, 0.3) is 0 Å². The van der Waals surface area contributed by atoms with Gasteiger partial charge in [0.2, 0.25) is 0 Å². The third kappa shape index (κ3) is 3.66. The zero-order valence-electron chi connectivity index (χ0n) is 13.7. The fraction of sp³-hybridized carbons (Fsp3) is 0.368. The van der Waals surface area contributed by atoms with Crippen LogP contribution in [-0.2, 0) is 13.1 Å². The highest BCUT2D eigenvalue weighted by atomic mass is 16.5. The molecule has 4 nitrogen and oxygen atoms in total. The van der Waals surface area contributed by atoms with Crippen molar-refractivity contribution in [3.8, 4) is 5.75 Å². The number of methoxy groups -OCH3 is 1. The number of benzene rings is 2. The van der Waals surface area contributed by atoms with E-state index in [1.54, 1.807) is 7.11 Å². The van der Waals surface area contributed by atoms with E-state index in [-0.39, 0.29) is 0 Å². The highest BCUT2D eigenvalue weighted by molar-refractivity contribution is 5.58. The van der Waals surface area contributed by atoms with Crippen LogP contribution in [0.2, 0.25) is 0 Å². The van der Waals surface area contributed by atoms with E-state index in [4.69, 9.17) is 10.5 Å². The molecule has 2 aromatic carbocycles. The first kappa shape index (κ1) is 15.8. The van der Waals surface area contributed by atoms with Crippen molar-refractivity contribution in [3.63, 3.8) is 0 Å². The fourth-order valence-corrected chi connectivity index (χ4v) is 3.19. The topological polar surface area (TPSA) is 41.7 Å². The number of anilines is 1. The van der Waals surface area contributed by atoms with Crippen molar-refractivity contribution in [2.75, 3.05) is 38.2 Å². The second-order valence-corrected chi connectivity index (χ2v) is 5.91. The van der Waals surface area contributed by atoms with Crippen molar-refractivity contribution in [2.24, 2.45) is 5.73 Å². The minimum absolute atomic E-state index is 0.608. The maximum absolute atomic E-state index is 5.85. The lowest BCUT2D eigenvalue weighted by Gasteiger charge is -2.36. The first-order valence-electron chi connectivity index (χ1n) is 8.19. The molecule has 0 bridgehead atoms. The van der Waals surface area contributed by atoms with Crippen LogP contribution in [0, 0.1) is 0 Å².